The Morgan fingerprint density at radius 1 is 0.970 bits per heavy atom. The van der Waals surface area contributed by atoms with E-state index >= 15 is 0 Å². The van der Waals surface area contributed by atoms with Crippen LogP contribution in [0.2, 0.25) is 0 Å². The Kier molecular flexibility index (Phi) is 6.78. The first kappa shape index (κ1) is 23.5. The van der Waals surface area contributed by atoms with Crippen LogP contribution in [-0.2, 0) is 14.8 Å². The minimum absolute atomic E-state index is 0.0469. The molecule has 4 rings (SSSR count). The number of aromatic carboxylic acids is 1. The number of sulfonamides is 1. The average Bonchev–Trinajstić information content (AvgIpc) is 2.79. The molecule has 9 nitrogen and oxygen atoms in total. The summed E-state index contributed by atoms with van der Waals surface area (Å²) in [5.74, 6) is -1.77. The Balaban J connectivity index is 0.000000257. The van der Waals surface area contributed by atoms with Crippen LogP contribution in [0.5, 0.6) is 0 Å². The highest BCUT2D eigenvalue weighted by Gasteiger charge is 2.37. The Morgan fingerprint density at radius 2 is 1.61 bits per heavy atom. The summed E-state index contributed by atoms with van der Waals surface area (Å²) in [6.45, 7) is 1.78. The van der Waals surface area contributed by atoms with Crippen molar-refractivity contribution in [2.75, 3.05) is 12.4 Å². The highest BCUT2D eigenvalue weighted by atomic mass is 32.2. The van der Waals surface area contributed by atoms with Crippen molar-refractivity contribution >= 4 is 33.5 Å². The Hall–Kier alpha value is -4.18. The lowest BCUT2D eigenvalue weighted by molar-refractivity contribution is -0.113. The van der Waals surface area contributed by atoms with E-state index < -0.39 is 27.7 Å². The molecular weight excluding hydrogens is 446 g/mol. The molecule has 0 saturated carbocycles. The number of amides is 1. The first-order chi connectivity index (χ1) is 15.6. The molecule has 0 unspecified atom stereocenters. The van der Waals surface area contributed by atoms with Gasteiger partial charge in [0.1, 0.15) is 5.82 Å². The molecule has 1 aliphatic heterocycles. The van der Waals surface area contributed by atoms with Gasteiger partial charge in [-0.3, -0.25) is 9.10 Å². The summed E-state index contributed by atoms with van der Waals surface area (Å²) in [6, 6.07) is 17.8. The van der Waals surface area contributed by atoms with Gasteiger partial charge in [-0.15, -0.1) is 0 Å². The maximum atomic E-state index is 12.5. The number of likely N-dealkylation sites (N-methyl/N-ethyl adjacent to an activating group) is 1. The van der Waals surface area contributed by atoms with E-state index in [9.17, 15) is 23.1 Å². The summed E-state index contributed by atoms with van der Waals surface area (Å²) in [5, 5.41) is 21.4. The fourth-order valence-corrected chi connectivity index (χ4v) is 4.51. The van der Waals surface area contributed by atoms with Gasteiger partial charge in [-0.2, -0.15) is 0 Å². The minimum atomic E-state index is -3.91. The van der Waals surface area contributed by atoms with E-state index in [1.54, 1.807) is 55.5 Å². The van der Waals surface area contributed by atoms with E-state index in [1.165, 1.54) is 25.4 Å². The zero-order chi connectivity index (χ0) is 24.2. The second-order valence-corrected chi connectivity index (χ2v) is 8.89. The van der Waals surface area contributed by atoms with Crippen LogP contribution in [0, 0.1) is 6.92 Å². The lowest BCUT2D eigenvalue weighted by Gasteiger charge is -2.28. The van der Waals surface area contributed by atoms with Crippen LogP contribution in [0.3, 0.4) is 0 Å². The maximum Gasteiger partial charge on any atom is 0.335 e. The molecule has 2 aromatic carbocycles. The monoisotopic (exact) mass is 467 g/mol. The van der Waals surface area contributed by atoms with Gasteiger partial charge in [0.05, 0.1) is 10.5 Å². The minimum Gasteiger partial charge on any atom is -0.505 e. The van der Waals surface area contributed by atoms with Crippen molar-refractivity contribution in [3.8, 4) is 0 Å². The van der Waals surface area contributed by atoms with Crippen molar-refractivity contribution in [1.29, 1.82) is 0 Å². The van der Waals surface area contributed by atoms with E-state index in [4.69, 9.17) is 5.11 Å². The van der Waals surface area contributed by atoms with Crippen LogP contribution in [0.1, 0.15) is 21.5 Å². The van der Waals surface area contributed by atoms with Gasteiger partial charge < -0.3 is 15.5 Å². The number of carbonyl (C=O) groups is 2. The number of nitrogens with zero attached hydrogens (tertiary/aromatic N) is 2. The van der Waals surface area contributed by atoms with Crippen LogP contribution in [-0.4, -0.2) is 46.8 Å². The zero-order valence-corrected chi connectivity index (χ0v) is 18.6. The standard InChI is InChI=1S/C15H13N3O4S.C8H8O2/c1-18-13(15(20)17-12-8-4-5-9-16-12)14(19)10-6-2-3-7-11(10)23(18,21)22;1-6-4-2-3-5-7(6)8(9)10/h2-9,19H,1H3,(H,16,17,20);2-5H,1H3,(H,9,10). The summed E-state index contributed by atoms with van der Waals surface area (Å²) in [4.78, 5) is 26.7. The molecule has 1 aromatic heterocycles. The molecule has 0 fully saturated rings. The largest absolute Gasteiger partial charge is 0.505 e. The number of aliphatic hydroxyl groups is 1. The number of carbonyl (C=O) groups excluding carboxylic acids is 1. The SMILES string of the molecule is CN1C(C(=O)Nc2ccccn2)=C(O)c2ccccc2S1(=O)=O.Cc1ccccc1C(=O)O. The lowest BCUT2D eigenvalue weighted by atomic mass is 10.1. The van der Waals surface area contributed by atoms with Gasteiger partial charge in [0.2, 0.25) is 0 Å². The number of carboxylic acids is 1. The summed E-state index contributed by atoms with van der Waals surface area (Å²) in [5.41, 5.74) is 0.920. The average molecular weight is 468 g/mol. The van der Waals surface area contributed by atoms with Crippen molar-refractivity contribution in [3.05, 3.63) is 95.3 Å². The molecule has 0 aliphatic carbocycles. The van der Waals surface area contributed by atoms with Crippen LogP contribution < -0.4 is 5.32 Å². The third-order valence-corrected chi connectivity index (χ3v) is 6.63. The molecule has 3 aromatic rings. The second-order valence-electron chi connectivity index (χ2n) is 6.96. The highest BCUT2D eigenvalue weighted by Crippen LogP contribution is 2.34. The van der Waals surface area contributed by atoms with E-state index in [0.29, 0.717) is 5.56 Å². The van der Waals surface area contributed by atoms with Crippen LogP contribution in [0.25, 0.3) is 5.76 Å². The number of hydrogen-bond acceptors (Lipinski definition) is 6. The predicted molar refractivity (Wildman–Crippen MR) is 122 cm³/mol. The third kappa shape index (κ3) is 4.85. The van der Waals surface area contributed by atoms with Crippen molar-refractivity contribution < 1.29 is 28.2 Å². The Labute approximate surface area is 190 Å². The summed E-state index contributed by atoms with van der Waals surface area (Å²) < 4.78 is 25.8. The number of benzene rings is 2. The summed E-state index contributed by atoms with van der Waals surface area (Å²) in [7, 11) is -2.69. The Morgan fingerprint density at radius 3 is 2.21 bits per heavy atom. The van der Waals surface area contributed by atoms with Crippen LogP contribution in [0.15, 0.2) is 83.5 Å². The number of aliphatic hydroxyl groups excluding tert-OH is 1. The van der Waals surface area contributed by atoms with Crippen molar-refractivity contribution in [1.82, 2.24) is 9.29 Å². The quantitative estimate of drug-likeness (QED) is 0.538. The molecule has 0 spiro atoms. The van der Waals surface area contributed by atoms with E-state index in [0.717, 1.165) is 9.87 Å². The predicted octanol–water partition coefficient (Wildman–Crippen LogP) is 3.27. The lowest BCUT2D eigenvalue weighted by Crippen LogP contribution is -2.37. The maximum absolute atomic E-state index is 12.5. The van der Waals surface area contributed by atoms with Gasteiger partial charge in [-0.1, -0.05) is 36.4 Å². The number of carboxylic acid groups (broad SMARTS) is 1. The van der Waals surface area contributed by atoms with Gasteiger partial charge in [0, 0.05) is 18.8 Å². The van der Waals surface area contributed by atoms with Crippen molar-refractivity contribution in [2.45, 2.75) is 11.8 Å². The molecule has 1 amide bonds. The molecule has 3 N–H and O–H groups in total. The molecule has 33 heavy (non-hydrogen) atoms. The van der Waals surface area contributed by atoms with Gasteiger partial charge in [-0.25, -0.2) is 18.2 Å². The van der Waals surface area contributed by atoms with Gasteiger partial charge in [-0.05, 0) is 42.8 Å². The molecule has 0 bridgehead atoms. The van der Waals surface area contributed by atoms with Gasteiger partial charge in [0.15, 0.2) is 11.5 Å². The number of hydrogen-bond donors (Lipinski definition) is 3. The topological polar surface area (TPSA) is 137 Å². The smallest absolute Gasteiger partial charge is 0.335 e. The molecular formula is C23H21N3O6S. The number of pyridine rings is 1. The zero-order valence-electron chi connectivity index (χ0n) is 17.8. The van der Waals surface area contributed by atoms with Crippen LogP contribution >= 0.6 is 0 Å². The number of fused-ring (bicyclic) bond motifs is 1. The molecule has 0 atom stereocenters. The number of anilines is 1. The summed E-state index contributed by atoms with van der Waals surface area (Å²) in [6.07, 6.45) is 1.49. The molecule has 0 radical (unpaired) electrons. The van der Waals surface area contributed by atoms with Gasteiger partial charge >= 0.3 is 5.97 Å². The fourth-order valence-electron chi connectivity index (χ4n) is 3.11. The fraction of sp³-hybridized carbons (Fsp3) is 0.0870. The van der Waals surface area contributed by atoms with Gasteiger partial charge in [0.25, 0.3) is 15.9 Å². The molecule has 2 heterocycles. The highest BCUT2D eigenvalue weighted by molar-refractivity contribution is 7.89. The molecule has 1 aliphatic rings. The first-order valence-electron chi connectivity index (χ1n) is 9.67. The van der Waals surface area contributed by atoms with Crippen molar-refractivity contribution in [3.63, 3.8) is 0 Å². The summed E-state index contributed by atoms with van der Waals surface area (Å²) >= 11 is 0. The number of aromatic nitrogens is 1. The van der Waals surface area contributed by atoms with Crippen molar-refractivity contribution in [2.24, 2.45) is 0 Å². The van der Waals surface area contributed by atoms with E-state index in [-0.39, 0.29) is 22.0 Å². The molecule has 10 heteroatoms. The van der Waals surface area contributed by atoms with E-state index in [2.05, 4.69) is 10.3 Å². The van der Waals surface area contributed by atoms with E-state index in [1.807, 2.05) is 6.07 Å². The Bertz CT molecular complexity index is 1340. The van der Waals surface area contributed by atoms with Crippen LogP contribution in [0.4, 0.5) is 5.82 Å². The number of nitrogens with one attached hydrogen (secondary N) is 1. The molecule has 0 saturated heterocycles. The number of aryl methyl sites for hydroxylation is 1. The molecule has 170 valence electrons. The second kappa shape index (κ2) is 9.53. The normalized spacial score (nSPS) is 13.9. The third-order valence-electron chi connectivity index (χ3n) is 4.82. The number of rotatable bonds is 3. The first-order valence-corrected chi connectivity index (χ1v) is 11.1.